The van der Waals surface area contributed by atoms with E-state index in [0.717, 1.165) is 37.5 Å². The normalized spacial score (nSPS) is 12.8. The fourth-order valence-corrected chi connectivity index (χ4v) is 2.21. The Bertz CT molecular complexity index is 447. The van der Waals surface area contributed by atoms with Crippen molar-refractivity contribution >= 4 is 0 Å². The third kappa shape index (κ3) is 3.01. The molecule has 0 saturated heterocycles. The van der Waals surface area contributed by atoms with Crippen LogP contribution in [0.25, 0.3) is 0 Å². The first-order valence-corrected chi connectivity index (χ1v) is 6.62. The van der Waals surface area contributed by atoms with E-state index >= 15 is 0 Å². The largest absolute Gasteiger partial charge is 0.469 e. The zero-order valence-electron chi connectivity index (χ0n) is 11.1. The molecule has 2 aromatic heterocycles. The Morgan fingerprint density at radius 3 is 3.00 bits per heavy atom. The maximum atomic E-state index is 5.38. The van der Waals surface area contributed by atoms with E-state index < -0.39 is 0 Å². The maximum Gasteiger partial charge on any atom is 0.125 e. The summed E-state index contributed by atoms with van der Waals surface area (Å²) in [6.45, 7) is 6.16. The molecule has 0 aliphatic rings. The first kappa shape index (κ1) is 12.9. The monoisotopic (exact) mass is 247 g/mol. The summed E-state index contributed by atoms with van der Waals surface area (Å²) in [6.07, 6.45) is 7.56. The smallest absolute Gasteiger partial charge is 0.125 e. The molecule has 0 amide bonds. The number of nitrogens with zero attached hydrogens (tertiary/aromatic N) is 2. The van der Waals surface area contributed by atoms with Gasteiger partial charge in [-0.15, -0.1) is 0 Å². The van der Waals surface area contributed by atoms with Gasteiger partial charge in [-0.3, -0.25) is 0 Å². The second kappa shape index (κ2) is 6.40. The number of imidazole rings is 1. The Hall–Kier alpha value is -1.55. The van der Waals surface area contributed by atoms with E-state index in [4.69, 9.17) is 4.42 Å². The molecule has 18 heavy (non-hydrogen) atoms. The van der Waals surface area contributed by atoms with Crippen LogP contribution in [-0.2, 0) is 13.0 Å². The van der Waals surface area contributed by atoms with Crippen molar-refractivity contribution in [1.82, 2.24) is 14.9 Å². The molecule has 0 saturated carbocycles. The van der Waals surface area contributed by atoms with Gasteiger partial charge in [0.2, 0.25) is 0 Å². The van der Waals surface area contributed by atoms with Crippen molar-refractivity contribution in [2.75, 3.05) is 6.54 Å². The van der Waals surface area contributed by atoms with Crippen LogP contribution in [0.5, 0.6) is 0 Å². The third-order valence-electron chi connectivity index (χ3n) is 3.11. The Labute approximate surface area is 108 Å². The molecule has 0 aliphatic carbocycles. The minimum absolute atomic E-state index is 0.287. The highest BCUT2D eigenvalue weighted by atomic mass is 16.3. The zero-order chi connectivity index (χ0) is 12.8. The molecule has 0 radical (unpaired) electrons. The minimum atomic E-state index is 0.287. The Kier molecular flexibility index (Phi) is 4.59. The van der Waals surface area contributed by atoms with Crippen LogP contribution in [0.1, 0.15) is 37.9 Å². The summed E-state index contributed by atoms with van der Waals surface area (Å²) in [5.74, 6) is 2.15. The topological polar surface area (TPSA) is 43.0 Å². The van der Waals surface area contributed by atoms with Gasteiger partial charge in [0.25, 0.3) is 0 Å². The van der Waals surface area contributed by atoms with Gasteiger partial charge in [-0.05, 0) is 32.0 Å². The van der Waals surface area contributed by atoms with Crippen LogP contribution >= 0.6 is 0 Å². The van der Waals surface area contributed by atoms with Crippen molar-refractivity contribution in [3.63, 3.8) is 0 Å². The fourth-order valence-electron chi connectivity index (χ4n) is 2.21. The van der Waals surface area contributed by atoms with E-state index in [0.29, 0.717) is 0 Å². The first-order chi connectivity index (χ1) is 8.85. The number of aromatic nitrogens is 2. The van der Waals surface area contributed by atoms with Crippen molar-refractivity contribution in [3.8, 4) is 0 Å². The molecule has 0 fully saturated rings. The molecular formula is C14H21N3O. The summed E-state index contributed by atoms with van der Waals surface area (Å²) in [7, 11) is 0. The molecule has 0 spiro atoms. The van der Waals surface area contributed by atoms with Crippen LogP contribution in [0, 0.1) is 0 Å². The SMILES string of the molecule is CCNC(CCc1ccco1)c1nccn1CC. The average Bonchev–Trinajstić information content (AvgIpc) is 3.04. The van der Waals surface area contributed by atoms with Crippen LogP contribution in [0.2, 0.25) is 0 Å². The molecule has 2 rings (SSSR count). The molecule has 0 aromatic carbocycles. The number of hydrogen-bond acceptors (Lipinski definition) is 3. The highest BCUT2D eigenvalue weighted by Gasteiger charge is 2.15. The van der Waals surface area contributed by atoms with Crippen LogP contribution < -0.4 is 5.32 Å². The van der Waals surface area contributed by atoms with Gasteiger partial charge in [-0.25, -0.2) is 4.98 Å². The number of furan rings is 1. The standard InChI is InChI=1S/C14H21N3O/c1-3-15-13(8-7-12-6-5-11-18-12)14-16-9-10-17(14)4-2/h5-6,9-11,13,15H,3-4,7-8H2,1-2H3. The average molecular weight is 247 g/mol. The van der Waals surface area contributed by atoms with Gasteiger partial charge in [-0.2, -0.15) is 0 Å². The molecule has 1 N–H and O–H groups in total. The summed E-state index contributed by atoms with van der Waals surface area (Å²) in [5.41, 5.74) is 0. The van der Waals surface area contributed by atoms with Gasteiger partial charge in [0.05, 0.1) is 12.3 Å². The van der Waals surface area contributed by atoms with E-state index in [1.165, 1.54) is 0 Å². The Morgan fingerprint density at radius 1 is 1.44 bits per heavy atom. The quantitative estimate of drug-likeness (QED) is 0.818. The predicted octanol–water partition coefficient (Wildman–Crippen LogP) is 2.78. The predicted molar refractivity (Wildman–Crippen MR) is 71.3 cm³/mol. The number of aryl methyl sites for hydroxylation is 2. The third-order valence-corrected chi connectivity index (χ3v) is 3.11. The van der Waals surface area contributed by atoms with Crippen LogP contribution in [0.3, 0.4) is 0 Å². The molecule has 4 nitrogen and oxygen atoms in total. The second-order valence-electron chi connectivity index (χ2n) is 4.30. The highest BCUT2D eigenvalue weighted by Crippen LogP contribution is 2.18. The summed E-state index contributed by atoms with van der Waals surface area (Å²) in [5, 5.41) is 3.50. The van der Waals surface area contributed by atoms with Crippen molar-refractivity contribution in [2.24, 2.45) is 0 Å². The number of rotatable bonds is 7. The number of hydrogen-bond donors (Lipinski definition) is 1. The highest BCUT2D eigenvalue weighted by molar-refractivity contribution is 5.03. The lowest BCUT2D eigenvalue weighted by Crippen LogP contribution is -2.24. The Morgan fingerprint density at radius 2 is 2.33 bits per heavy atom. The van der Waals surface area contributed by atoms with Crippen molar-refractivity contribution in [1.29, 1.82) is 0 Å². The van der Waals surface area contributed by atoms with Crippen molar-refractivity contribution in [3.05, 3.63) is 42.4 Å². The second-order valence-corrected chi connectivity index (χ2v) is 4.30. The number of nitrogens with one attached hydrogen (secondary N) is 1. The van der Waals surface area contributed by atoms with Crippen molar-refractivity contribution in [2.45, 2.75) is 39.3 Å². The fraction of sp³-hybridized carbons (Fsp3) is 0.500. The molecule has 2 aromatic rings. The van der Waals surface area contributed by atoms with E-state index in [1.807, 2.05) is 24.5 Å². The molecule has 4 heteroatoms. The molecule has 0 bridgehead atoms. The van der Waals surface area contributed by atoms with Gasteiger partial charge >= 0.3 is 0 Å². The molecule has 1 unspecified atom stereocenters. The maximum absolute atomic E-state index is 5.38. The summed E-state index contributed by atoms with van der Waals surface area (Å²) in [6, 6.07) is 4.25. The van der Waals surface area contributed by atoms with E-state index in [9.17, 15) is 0 Å². The summed E-state index contributed by atoms with van der Waals surface area (Å²) < 4.78 is 7.57. The van der Waals surface area contributed by atoms with Gasteiger partial charge in [0.1, 0.15) is 11.6 Å². The van der Waals surface area contributed by atoms with Gasteiger partial charge < -0.3 is 14.3 Å². The minimum Gasteiger partial charge on any atom is -0.469 e. The molecule has 1 atom stereocenters. The van der Waals surface area contributed by atoms with Crippen LogP contribution in [0.4, 0.5) is 0 Å². The summed E-state index contributed by atoms with van der Waals surface area (Å²) in [4.78, 5) is 4.48. The van der Waals surface area contributed by atoms with Crippen LogP contribution in [0.15, 0.2) is 35.2 Å². The first-order valence-electron chi connectivity index (χ1n) is 6.62. The van der Waals surface area contributed by atoms with Crippen LogP contribution in [-0.4, -0.2) is 16.1 Å². The molecule has 2 heterocycles. The summed E-state index contributed by atoms with van der Waals surface area (Å²) >= 11 is 0. The lowest BCUT2D eigenvalue weighted by Gasteiger charge is -2.18. The zero-order valence-corrected chi connectivity index (χ0v) is 11.1. The van der Waals surface area contributed by atoms with Gasteiger partial charge in [0, 0.05) is 25.4 Å². The van der Waals surface area contributed by atoms with E-state index in [-0.39, 0.29) is 6.04 Å². The van der Waals surface area contributed by atoms with E-state index in [2.05, 4.69) is 28.7 Å². The lowest BCUT2D eigenvalue weighted by atomic mass is 10.1. The van der Waals surface area contributed by atoms with Crippen molar-refractivity contribution < 1.29 is 4.42 Å². The Balaban J connectivity index is 2.03. The van der Waals surface area contributed by atoms with E-state index in [1.54, 1.807) is 6.26 Å². The molecule has 0 aliphatic heterocycles. The van der Waals surface area contributed by atoms with Gasteiger partial charge in [-0.1, -0.05) is 6.92 Å². The lowest BCUT2D eigenvalue weighted by molar-refractivity contribution is 0.436. The van der Waals surface area contributed by atoms with Gasteiger partial charge in [0.15, 0.2) is 0 Å². The molecule has 98 valence electrons. The molecular weight excluding hydrogens is 226 g/mol.